The molecule has 2 aromatic carbocycles. The van der Waals surface area contributed by atoms with Crippen LogP contribution in [0.25, 0.3) is 0 Å². The van der Waals surface area contributed by atoms with Crippen molar-refractivity contribution in [2.45, 2.75) is 16.7 Å². The largest absolute Gasteiger partial charge is 0.218 e. The molecule has 0 fully saturated rings. The predicted octanol–water partition coefficient (Wildman–Crippen LogP) is 3.11. The van der Waals surface area contributed by atoms with Crippen LogP contribution in [0.5, 0.6) is 0 Å². The summed E-state index contributed by atoms with van der Waals surface area (Å²) in [5.41, 5.74) is 0.248. The van der Waals surface area contributed by atoms with Crippen LogP contribution in [0, 0.1) is 18.6 Å². The second kappa shape index (κ2) is 4.49. The third-order valence-corrected chi connectivity index (χ3v) is 4.50. The fourth-order valence-electron chi connectivity index (χ4n) is 1.70. The number of benzene rings is 2. The van der Waals surface area contributed by atoms with Crippen LogP contribution in [-0.2, 0) is 9.84 Å². The third-order valence-electron chi connectivity index (χ3n) is 2.55. The van der Waals surface area contributed by atoms with E-state index in [0.717, 1.165) is 24.3 Å². The van der Waals surface area contributed by atoms with Gasteiger partial charge in [0.15, 0.2) is 0 Å². The van der Waals surface area contributed by atoms with Gasteiger partial charge in [0.2, 0.25) is 9.84 Å². The molecule has 0 aliphatic rings. The first-order valence-electron chi connectivity index (χ1n) is 5.18. The summed E-state index contributed by atoms with van der Waals surface area (Å²) in [6.45, 7) is 1.47. The second-order valence-corrected chi connectivity index (χ2v) is 5.73. The first-order chi connectivity index (χ1) is 8.43. The first kappa shape index (κ1) is 12.7. The van der Waals surface area contributed by atoms with Crippen molar-refractivity contribution in [1.82, 2.24) is 0 Å². The van der Waals surface area contributed by atoms with Gasteiger partial charge < -0.3 is 0 Å². The first-order valence-corrected chi connectivity index (χ1v) is 6.67. The summed E-state index contributed by atoms with van der Waals surface area (Å²) in [7, 11) is -3.96. The SMILES string of the molecule is Cc1cc(F)ccc1S(=O)(=O)c1ccccc1F. The van der Waals surface area contributed by atoms with E-state index in [1.54, 1.807) is 0 Å². The molecule has 94 valence electrons. The van der Waals surface area contributed by atoms with E-state index in [1.165, 1.54) is 25.1 Å². The highest BCUT2D eigenvalue weighted by molar-refractivity contribution is 7.91. The van der Waals surface area contributed by atoms with E-state index in [9.17, 15) is 17.2 Å². The Morgan fingerprint density at radius 1 is 0.944 bits per heavy atom. The van der Waals surface area contributed by atoms with Crippen molar-refractivity contribution in [3.63, 3.8) is 0 Å². The predicted molar refractivity (Wildman–Crippen MR) is 63.0 cm³/mol. The molecule has 0 aromatic heterocycles. The second-order valence-electron chi connectivity index (χ2n) is 3.84. The summed E-state index contributed by atoms with van der Waals surface area (Å²) in [5.74, 6) is -1.35. The Balaban J connectivity index is 2.66. The van der Waals surface area contributed by atoms with Gasteiger partial charge in [0.05, 0.1) is 4.90 Å². The number of rotatable bonds is 2. The molecule has 0 spiro atoms. The Labute approximate surface area is 104 Å². The van der Waals surface area contributed by atoms with Crippen molar-refractivity contribution in [3.05, 3.63) is 59.7 Å². The molecule has 0 heterocycles. The molecule has 2 nitrogen and oxygen atoms in total. The Morgan fingerprint density at radius 2 is 1.61 bits per heavy atom. The average molecular weight is 268 g/mol. The molecule has 2 rings (SSSR count). The van der Waals surface area contributed by atoms with Gasteiger partial charge in [-0.05, 0) is 42.8 Å². The van der Waals surface area contributed by atoms with Crippen molar-refractivity contribution in [3.8, 4) is 0 Å². The Hall–Kier alpha value is -1.75. The normalized spacial score (nSPS) is 11.5. The van der Waals surface area contributed by atoms with E-state index in [-0.39, 0.29) is 10.5 Å². The van der Waals surface area contributed by atoms with Gasteiger partial charge in [0.25, 0.3) is 0 Å². The zero-order chi connectivity index (χ0) is 13.3. The van der Waals surface area contributed by atoms with Crippen LogP contribution in [0.2, 0.25) is 0 Å². The molecule has 0 radical (unpaired) electrons. The highest BCUT2D eigenvalue weighted by Crippen LogP contribution is 2.26. The lowest BCUT2D eigenvalue weighted by molar-refractivity contribution is 0.566. The zero-order valence-electron chi connectivity index (χ0n) is 9.52. The van der Waals surface area contributed by atoms with Gasteiger partial charge in [-0.15, -0.1) is 0 Å². The van der Waals surface area contributed by atoms with Gasteiger partial charge in [0, 0.05) is 0 Å². The Morgan fingerprint density at radius 3 is 2.22 bits per heavy atom. The fraction of sp³-hybridized carbons (Fsp3) is 0.0769. The van der Waals surface area contributed by atoms with Gasteiger partial charge in [-0.1, -0.05) is 12.1 Å². The standard InChI is InChI=1S/C13H10F2O2S/c1-9-8-10(14)6-7-12(9)18(16,17)13-5-3-2-4-11(13)15/h2-8H,1H3. The fourth-order valence-corrected chi connectivity index (χ4v) is 3.24. The number of hydrogen-bond acceptors (Lipinski definition) is 2. The van der Waals surface area contributed by atoms with Crippen molar-refractivity contribution < 1.29 is 17.2 Å². The molecule has 0 unspecified atom stereocenters. The molecule has 5 heteroatoms. The minimum Gasteiger partial charge on any atom is -0.218 e. The highest BCUT2D eigenvalue weighted by Gasteiger charge is 2.23. The smallest absolute Gasteiger partial charge is 0.209 e. The maximum atomic E-state index is 13.5. The Kier molecular flexibility index (Phi) is 3.17. The topological polar surface area (TPSA) is 34.1 Å². The number of hydrogen-bond donors (Lipinski definition) is 0. The molecule has 0 bridgehead atoms. The van der Waals surface area contributed by atoms with Crippen molar-refractivity contribution >= 4 is 9.84 Å². The molecule has 18 heavy (non-hydrogen) atoms. The summed E-state index contributed by atoms with van der Waals surface area (Å²) < 4.78 is 50.9. The number of sulfone groups is 1. The van der Waals surface area contributed by atoms with Gasteiger partial charge in [-0.3, -0.25) is 0 Å². The summed E-state index contributed by atoms with van der Waals surface area (Å²) in [6.07, 6.45) is 0. The summed E-state index contributed by atoms with van der Waals surface area (Å²) in [6, 6.07) is 8.40. The van der Waals surface area contributed by atoms with Crippen molar-refractivity contribution in [2.75, 3.05) is 0 Å². The zero-order valence-corrected chi connectivity index (χ0v) is 10.3. The highest BCUT2D eigenvalue weighted by atomic mass is 32.2. The minimum absolute atomic E-state index is 0.0889. The average Bonchev–Trinajstić information content (AvgIpc) is 2.28. The molecule has 0 amide bonds. The molecular weight excluding hydrogens is 258 g/mol. The van der Waals surface area contributed by atoms with E-state index in [2.05, 4.69) is 0 Å². The molecule has 0 N–H and O–H groups in total. The number of aryl methyl sites for hydroxylation is 1. The third kappa shape index (κ3) is 2.13. The van der Waals surface area contributed by atoms with Crippen molar-refractivity contribution in [2.24, 2.45) is 0 Å². The van der Waals surface area contributed by atoms with E-state index in [1.807, 2.05) is 0 Å². The van der Waals surface area contributed by atoms with Crippen LogP contribution in [0.15, 0.2) is 52.3 Å². The van der Waals surface area contributed by atoms with Gasteiger partial charge in [0.1, 0.15) is 16.5 Å². The van der Waals surface area contributed by atoms with Crippen molar-refractivity contribution in [1.29, 1.82) is 0 Å². The summed E-state index contributed by atoms with van der Waals surface area (Å²) in [4.78, 5) is -0.492. The maximum absolute atomic E-state index is 13.5. The lowest BCUT2D eigenvalue weighted by Crippen LogP contribution is -2.06. The van der Waals surface area contributed by atoms with Crippen LogP contribution in [0.4, 0.5) is 8.78 Å². The van der Waals surface area contributed by atoms with Gasteiger partial charge in [-0.2, -0.15) is 0 Å². The molecule has 0 atom stereocenters. The minimum atomic E-state index is -3.96. The van der Waals surface area contributed by atoms with E-state index < -0.39 is 26.4 Å². The quantitative estimate of drug-likeness (QED) is 0.784. The molecule has 0 aliphatic carbocycles. The van der Waals surface area contributed by atoms with E-state index in [4.69, 9.17) is 0 Å². The van der Waals surface area contributed by atoms with Crippen LogP contribution in [-0.4, -0.2) is 8.42 Å². The Bertz CT molecular complexity index is 694. The van der Waals surface area contributed by atoms with Gasteiger partial charge >= 0.3 is 0 Å². The summed E-state index contributed by atoms with van der Waals surface area (Å²) in [5, 5.41) is 0. The summed E-state index contributed by atoms with van der Waals surface area (Å²) >= 11 is 0. The maximum Gasteiger partial charge on any atom is 0.209 e. The lowest BCUT2D eigenvalue weighted by Gasteiger charge is -2.08. The molecular formula is C13H10F2O2S. The molecule has 2 aromatic rings. The van der Waals surface area contributed by atoms with E-state index >= 15 is 0 Å². The van der Waals surface area contributed by atoms with Gasteiger partial charge in [-0.25, -0.2) is 17.2 Å². The van der Waals surface area contributed by atoms with Crippen LogP contribution < -0.4 is 0 Å². The molecule has 0 saturated carbocycles. The van der Waals surface area contributed by atoms with Crippen LogP contribution in [0.1, 0.15) is 5.56 Å². The van der Waals surface area contributed by atoms with Crippen LogP contribution in [0.3, 0.4) is 0 Å². The molecule has 0 aliphatic heterocycles. The monoisotopic (exact) mass is 268 g/mol. The molecule has 0 saturated heterocycles. The lowest BCUT2D eigenvalue weighted by atomic mass is 10.2. The van der Waals surface area contributed by atoms with E-state index in [0.29, 0.717) is 0 Å². The van der Waals surface area contributed by atoms with Crippen LogP contribution >= 0.6 is 0 Å². The number of halogens is 2.